The van der Waals surface area contributed by atoms with Crippen molar-refractivity contribution < 1.29 is 37.5 Å². The summed E-state index contributed by atoms with van der Waals surface area (Å²) in [7, 11) is 0. The largest absolute Gasteiger partial charge is 0.362 e. The van der Waals surface area contributed by atoms with Crippen LogP contribution < -0.4 is 0 Å². The number of hydrogen-bond donors (Lipinski definition) is 0. The predicted molar refractivity (Wildman–Crippen MR) is 60.9 cm³/mol. The molecule has 2 nitrogen and oxygen atoms in total. The van der Waals surface area contributed by atoms with Gasteiger partial charge in [0.2, 0.25) is 0 Å². The van der Waals surface area contributed by atoms with Gasteiger partial charge in [-0.3, -0.25) is 4.79 Å². The molecule has 0 aliphatic heterocycles. The molecule has 1 atom stereocenters. The van der Waals surface area contributed by atoms with Crippen LogP contribution in [0.4, 0.5) is 0 Å². The first-order chi connectivity index (χ1) is 6.63. The molecule has 0 spiro atoms. The van der Waals surface area contributed by atoms with Gasteiger partial charge >= 0.3 is 0 Å². The summed E-state index contributed by atoms with van der Waals surface area (Å²) in [6.45, 7) is 14.3. The van der Waals surface area contributed by atoms with E-state index in [-0.39, 0.29) is 32.7 Å². The molecular weight excluding hydrogens is 263 g/mol. The Morgan fingerprint density at radius 3 is 2.27 bits per heavy atom. The molecule has 0 aromatic carbocycles. The zero-order chi connectivity index (χ0) is 11.0. The number of hydrogen-bond acceptors (Lipinski definition) is 2. The van der Waals surface area contributed by atoms with Crippen LogP contribution in [0.25, 0.3) is 0 Å². The van der Waals surface area contributed by atoms with Crippen molar-refractivity contribution in [1.29, 1.82) is 0 Å². The molecule has 0 amide bonds. The number of carbonyl (C=O) groups excluding carboxylic acids is 1. The number of Topliss-reactive ketones (excluding diaryl/α,β-unsaturated/α-hetero) is 1. The van der Waals surface area contributed by atoms with Crippen LogP contribution in [0.2, 0.25) is 0 Å². The van der Waals surface area contributed by atoms with E-state index < -0.39 is 0 Å². The molecule has 3 heteroatoms. The summed E-state index contributed by atoms with van der Waals surface area (Å²) in [6, 6.07) is 0. The second kappa shape index (κ2) is 11.2. The van der Waals surface area contributed by atoms with E-state index in [9.17, 15) is 4.79 Å². The fourth-order valence-corrected chi connectivity index (χ4v) is 1.57. The third kappa shape index (κ3) is 9.65. The predicted octanol–water partition coefficient (Wildman–Crippen LogP) is 2.35. The second-order valence-electron chi connectivity index (χ2n) is 3.90. The summed E-state index contributed by atoms with van der Waals surface area (Å²) >= 11 is 0. The zero-order valence-electron chi connectivity index (χ0n) is 10.2. The molecule has 0 aromatic heterocycles. The number of rotatable bonds is 8. The second-order valence-corrected chi connectivity index (χ2v) is 3.90. The Bertz CT molecular complexity index is 158. The van der Waals surface area contributed by atoms with Gasteiger partial charge in [-0.25, -0.2) is 0 Å². The maximum absolute atomic E-state index is 11.4. The van der Waals surface area contributed by atoms with E-state index in [1.807, 2.05) is 6.92 Å². The molecule has 0 aromatic rings. The minimum Gasteiger partial charge on any atom is -0.362 e. The summed E-state index contributed by atoms with van der Waals surface area (Å²) in [5, 5.41) is 0. The van der Waals surface area contributed by atoms with Gasteiger partial charge in [-0.2, -0.15) is 0 Å². The van der Waals surface area contributed by atoms with Crippen molar-refractivity contribution in [2.45, 2.75) is 33.1 Å². The van der Waals surface area contributed by atoms with Crippen LogP contribution in [0.5, 0.6) is 0 Å². The standard InChI is InChI=1S/C12H23NO.Y/c1-5-8-12(14)9-11(4)10-13(6-2)7-3;/h11H,2-3,5-10H2,1,4H3;/q-2;. The first-order valence-corrected chi connectivity index (χ1v) is 5.46. The zero-order valence-corrected chi connectivity index (χ0v) is 13.0. The van der Waals surface area contributed by atoms with Gasteiger partial charge in [-0.15, -0.1) is 13.1 Å². The SMILES string of the molecule is [CH2-]CN(C[CH2-])CC(C)CC(=O)CCC.[Y]. The molecule has 0 rings (SSSR count). The van der Waals surface area contributed by atoms with Crippen LogP contribution in [0.15, 0.2) is 0 Å². The molecule has 0 bridgehead atoms. The van der Waals surface area contributed by atoms with Gasteiger partial charge in [-0.05, 0) is 18.9 Å². The van der Waals surface area contributed by atoms with Crippen LogP contribution in [0.3, 0.4) is 0 Å². The summed E-state index contributed by atoms with van der Waals surface area (Å²) < 4.78 is 0. The summed E-state index contributed by atoms with van der Waals surface area (Å²) in [5.41, 5.74) is 0. The van der Waals surface area contributed by atoms with Crippen molar-refractivity contribution in [2.24, 2.45) is 5.92 Å². The third-order valence-corrected chi connectivity index (χ3v) is 2.31. The van der Waals surface area contributed by atoms with Crippen molar-refractivity contribution >= 4 is 5.78 Å². The van der Waals surface area contributed by atoms with Gasteiger partial charge in [0.1, 0.15) is 5.78 Å². The minimum absolute atomic E-state index is 0. The Hall–Kier alpha value is 0.734. The fourth-order valence-electron chi connectivity index (χ4n) is 1.57. The molecule has 0 aliphatic rings. The average Bonchev–Trinajstić information content (AvgIpc) is 2.14. The average molecular weight is 286 g/mol. The maximum Gasteiger partial charge on any atom is 0.133 e. The van der Waals surface area contributed by atoms with Crippen LogP contribution in [0.1, 0.15) is 33.1 Å². The van der Waals surface area contributed by atoms with Crippen LogP contribution in [-0.4, -0.2) is 30.3 Å². The van der Waals surface area contributed by atoms with Gasteiger partial charge in [0.25, 0.3) is 0 Å². The minimum atomic E-state index is 0. The van der Waals surface area contributed by atoms with Crippen molar-refractivity contribution in [2.75, 3.05) is 19.6 Å². The Kier molecular flexibility index (Phi) is 13.6. The van der Waals surface area contributed by atoms with Gasteiger partial charge in [0.05, 0.1) is 0 Å². The molecule has 0 N–H and O–H groups in total. The van der Waals surface area contributed by atoms with Crippen LogP contribution >= 0.6 is 0 Å². The first-order valence-electron chi connectivity index (χ1n) is 5.46. The van der Waals surface area contributed by atoms with Crippen molar-refractivity contribution in [3.05, 3.63) is 13.8 Å². The monoisotopic (exact) mass is 286 g/mol. The van der Waals surface area contributed by atoms with Crippen LogP contribution in [0, 0.1) is 19.8 Å². The Morgan fingerprint density at radius 2 is 1.87 bits per heavy atom. The first kappa shape index (κ1) is 18.1. The molecule has 87 valence electrons. The Labute approximate surface area is 120 Å². The van der Waals surface area contributed by atoms with Crippen molar-refractivity contribution in [1.82, 2.24) is 4.90 Å². The number of ketones is 1. The molecule has 0 fully saturated rings. The third-order valence-electron chi connectivity index (χ3n) is 2.31. The van der Waals surface area contributed by atoms with E-state index in [0.29, 0.717) is 18.1 Å². The van der Waals surface area contributed by atoms with Crippen molar-refractivity contribution in [3.63, 3.8) is 0 Å². The summed E-state index contributed by atoms with van der Waals surface area (Å²) in [6.07, 6.45) is 2.38. The van der Waals surface area contributed by atoms with E-state index in [4.69, 9.17) is 0 Å². The fraction of sp³-hybridized carbons (Fsp3) is 0.750. The molecule has 1 unspecified atom stereocenters. The number of carbonyl (C=O) groups is 1. The maximum atomic E-state index is 11.4. The normalized spacial score (nSPS) is 12.3. The molecule has 15 heavy (non-hydrogen) atoms. The molecule has 0 saturated carbocycles. The molecule has 0 heterocycles. The molecule has 0 saturated heterocycles. The van der Waals surface area contributed by atoms with Gasteiger partial charge in [0.15, 0.2) is 0 Å². The van der Waals surface area contributed by atoms with E-state index in [0.717, 1.165) is 32.5 Å². The van der Waals surface area contributed by atoms with E-state index in [1.165, 1.54) is 0 Å². The topological polar surface area (TPSA) is 20.3 Å². The van der Waals surface area contributed by atoms with Gasteiger partial charge in [0, 0.05) is 45.6 Å². The van der Waals surface area contributed by atoms with E-state index in [1.54, 1.807) is 0 Å². The Balaban J connectivity index is 0. The van der Waals surface area contributed by atoms with Crippen LogP contribution in [-0.2, 0) is 37.5 Å². The molecular formula is C12H23NOY-2. The van der Waals surface area contributed by atoms with E-state index >= 15 is 0 Å². The summed E-state index contributed by atoms with van der Waals surface area (Å²) in [4.78, 5) is 13.5. The quantitative estimate of drug-likeness (QED) is 0.638. The molecule has 0 aliphatic carbocycles. The van der Waals surface area contributed by atoms with Gasteiger partial charge < -0.3 is 18.7 Å². The Morgan fingerprint density at radius 1 is 1.33 bits per heavy atom. The number of nitrogens with zero attached hydrogens (tertiary/aromatic N) is 1. The van der Waals surface area contributed by atoms with Crippen molar-refractivity contribution in [3.8, 4) is 0 Å². The summed E-state index contributed by atoms with van der Waals surface area (Å²) in [5.74, 6) is 0.811. The smallest absolute Gasteiger partial charge is 0.133 e. The van der Waals surface area contributed by atoms with E-state index in [2.05, 4.69) is 25.7 Å². The molecule has 1 radical (unpaired) electrons. The van der Waals surface area contributed by atoms with Gasteiger partial charge in [-0.1, -0.05) is 13.8 Å².